The number of rotatable bonds is 4. The summed E-state index contributed by atoms with van der Waals surface area (Å²) in [6.07, 6.45) is 6.54. The number of nitrogens with zero attached hydrogens (tertiary/aromatic N) is 2. The summed E-state index contributed by atoms with van der Waals surface area (Å²) in [5.74, 6) is 2.89. The molecular formula is C17H30N4. The maximum atomic E-state index is 4.82. The van der Waals surface area contributed by atoms with E-state index in [4.69, 9.17) is 9.97 Å². The van der Waals surface area contributed by atoms with Gasteiger partial charge in [-0.2, -0.15) is 0 Å². The molecule has 4 nitrogen and oxygen atoms in total. The van der Waals surface area contributed by atoms with Gasteiger partial charge in [0.2, 0.25) is 0 Å². The van der Waals surface area contributed by atoms with Crippen LogP contribution >= 0.6 is 0 Å². The Morgan fingerprint density at radius 3 is 2.24 bits per heavy atom. The number of anilines is 2. The molecule has 2 rings (SSSR count). The molecule has 0 aliphatic heterocycles. The maximum Gasteiger partial charge on any atom is 0.138 e. The molecule has 21 heavy (non-hydrogen) atoms. The van der Waals surface area contributed by atoms with E-state index in [0.717, 1.165) is 29.6 Å². The van der Waals surface area contributed by atoms with Gasteiger partial charge in [-0.05, 0) is 26.7 Å². The zero-order valence-electron chi connectivity index (χ0n) is 14.2. The van der Waals surface area contributed by atoms with E-state index in [1.807, 2.05) is 0 Å². The second-order valence-corrected chi connectivity index (χ2v) is 7.13. The van der Waals surface area contributed by atoms with E-state index >= 15 is 0 Å². The molecule has 1 aliphatic carbocycles. The van der Waals surface area contributed by atoms with Crippen molar-refractivity contribution in [2.45, 2.75) is 78.2 Å². The number of hydrogen-bond acceptors (Lipinski definition) is 4. The third-order valence-corrected chi connectivity index (χ3v) is 4.11. The van der Waals surface area contributed by atoms with Gasteiger partial charge in [-0.25, -0.2) is 9.97 Å². The summed E-state index contributed by atoms with van der Waals surface area (Å²) >= 11 is 0. The largest absolute Gasteiger partial charge is 0.370 e. The smallest absolute Gasteiger partial charge is 0.138 e. The lowest BCUT2D eigenvalue weighted by Crippen LogP contribution is -2.26. The molecule has 4 heteroatoms. The van der Waals surface area contributed by atoms with E-state index in [-0.39, 0.29) is 5.41 Å². The molecule has 0 radical (unpaired) electrons. The fraction of sp³-hybridized carbons (Fsp3) is 0.765. The highest BCUT2D eigenvalue weighted by Gasteiger charge is 2.22. The zero-order chi connectivity index (χ0) is 15.5. The maximum absolute atomic E-state index is 4.82. The Balaban J connectivity index is 2.30. The monoisotopic (exact) mass is 290 g/mol. The summed E-state index contributed by atoms with van der Waals surface area (Å²) in [5.41, 5.74) is 1.09. The molecule has 1 saturated carbocycles. The predicted octanol–water partition coefficient (Wildman–Crippen LogP) is 4.26. The lowest BCUT2D eigenvalue weighted by molar-refractivity contribution is 0.460. The first kappa shape index (κ1) is 16.1. The van der Waals surface area contributed by atoms with Crippen LogP contribution in [-0.2, 0) is 5.41 Å². The molecule has 0 bridgehead atoms. The Morgan fingerprint density at radius 2 is 1.67 bits per heavy atom. The third kappa shape index (κ3) is 4.08. The highest BCUT2D eigenvalue weighted by atomic mass is 15.1. The third-order valence-electron chi connectivity index (χ3n) is 4.11. The second-order valence-electron chi connectivity index (χ2n) is 7.13. The lowest BCUT2D eigenvalue weighted by atomic mass is 9.94. The Morgan fingerprint density at radius 1 is 1.05 bits per heavy atom. The number of aromatic nitrogens is 2. The van der Waals surface area contributed by atoms with Crippen molar-refractivity contribution in [1.29, 1.82) is 0 Å². The van der Waals surface area contributed by atoms with Crippen LogP contribution in [0.1, 0.15) is 71.2 Å². The van der Waals surface area contributed by atoms with Crippen LogP contribution in [0.25, 0.3) is 0 Å². The van der Waals surface area contributed by atoms with Crippen LogP contribution in [0.4, 0.5) is 11.6 Å². The molecule has 0 atom stereocenters. The topological polar surface area (TPSA) is 49.8 Å². The molecule has 0 aromatic carbocycles. The fourth-order valence-corrected chi connectivity index (χ4v) is 2.77. The van der Waals surface area contributed by atoms with E-state index in [0.29, 0.717) is 6.04 Å². The zero-order valence-corrected chi connectivity index (χ0v) is 14.2. The molecule has 2 N–H and O–H groups in total. The molecular weight excluding hydrogens is 260 g/mol. The molecule has 1 heterocycles. The van der Waals surface area contributed by atoms with Crippen LogP contribution in [0.3, 0.4) is 0 Å². The van der Waals surface area contributed by atoms with Crippen LogP contribution in [0.2, 0.25) is 0 Å². The molecule has 0 spiro atoms. The predicted molar refractivity (Wildman–Crippen MR) is 90.1 cm³/mol. The Hall–Kier alpha value is -1.32. The summed E-state index contributed by atoms with van der Waals surface area (Å²) in [7, 11) is 0. The van der Waals surface area contributed by atoms with Gasteiger partial charge >= 0.3 is 0 Å². The first-order valence-corrected chi connectivity index (χ1v) is 8.31. The molecule has 1 aliphatic rings. The van der Waals surface area contributed by atoms with Crippen molar-refractivity contribution >= 4 is 11.6 Å². The Bertz CT molecular complexity index is 470. The summed E-state index contributed by atoms with van der Waals surface area (Å²) in [6, 6.07) is 0.564. The van der Waals surface area contributed by atoms with Crippen molar-refractivity contribution in [3.05, 3.63) is 11.4 Å². The highest BCUT2D eigenvalue weighted by molar-refractivity contribution is 5.58. The summed E-state index contributed by atoms with van der Waals surface area (Å²) < 4.78 is 0. The standard InChI is InChI=1S/C17H30N4/c1-6-18-14-12(2)15(19-13-10-8-7-9-11-13)21-16(20-14)17(3,4)5/h13H,6-11H2,1-5H3,(H2,18,19,20,21). The first-order chi connectivity index (χ1) is 9.91. The number of nitrogens with one attached hydrogen (secondary N) is 2. The van der Waals surface area contributed by atoms with Crippen molar-refractivity contribution < 1.29 is 0 Å². The van der Waals surface area contributed by atoms with Gasteiger partial charge < -0.3 is 10.6 Å². The molecule has 0 unspecified atom stereocenters. The Labute approximate surface area is 129 Å². The fourth-order valence-electron chi connectivity index (χ4n) is 2.77. The van der Waals surface area contributed by atoms with Crippen molar-refractivity contribution in [3.63, 3.8) is 0 Å². The van der Waals surface area contributed by atoms with Crippen molar-refractivity contribution in [1.82, 2.24) is 9.97 Å². The molecule has 1 aromatic heterocycles. The quantitative estimate of drug-likeness (QED) is 0.870. The molecule has 0 amide bonds. The van der Waals surface area contributed by atoms with Crippen LogP contribution in [-0.4, -0.2) is 22.6 Å². The van der Waals surface area contributed by atoms with Gasteiger partial charge in [-0.15, -0.1) is 0 Å². The van der Waals surface area contributed by atoms with Crippen molar-refractivity contribution in [2.24, 2.45) is 0 Å². The summed E-state index contributed by atoms with van der Waals surface area (Å²) in [4.78, 5) is 9.54. The van der Waals surface area contributed by atoms with Crippen LogP contribution < -0.4 is 10.6 Å². The van der Waals surface area contributed by atoms with E-state index in [9.17, 15) is 0 Å². The van der Waals surface area contributed by atoms with E-state index in [1.54, 1.807) is 0 Å². The average molecular weight is 290 g/mol. The van der Waals surface area contributed by atoms with Crippen LogP contribution in [0, 0.1) is 6.92 Å². The SMILES string of the molecule is CCNc1nc(C(C)(C)C)nc(NC2CCCCC2)c1C. The van der Waals surface area contributed by atoms with E-state index < -0.39 is 0 Å². The van der Waals surface area contributed by atoms with Gasteiger partial charge in [0.25, 0.3) is 0 Å². The van der Waals surface area contributed by atoms with Gasteiger partial charge in [0.1, 0.15) is 17.5 Å². The second kappa shape index (κ2) is 6.63. The minimum atomic E-state index is -0.0408. The molecule has 1 fully saturated rings. The van der Waals surface area contributed by atoms with Gasteiger partial charge in [0, 0.05) is 23.6 Å². The van der Waals surface area contributed by atoms with E-state index in [2.05, 4.69) is 45.3 Å². The molecule has 118 valence electrons. The highest BCUT2D eigenvalue weighted by Crippen LogP contribution is 2.28. The normalized spacial score (nSPS) is 16.8. The summed E-state index contributed by atoms with van der Waals surface area (Å²) in [5, 5.41) is 7.04. The minimum Gasteiger partial charge on any atom is -0.370 e. The average Bonchev–Trinajstić information content (AvgIpc) is 2.43. The molecule has 1 aromatic rings. The van der Waals surface area contributed by atoms with Crippen LogP contribution in [0.15, 0.2) is 0 Å². The first-order valence-electron chi connectivity index (χ1n) is 8.31. The lowest BCUT2D eigenvalue weighted by Gasteiger charge is -2.26. The molecule has 0 saturated heterocycles. The van der Waals surface area contributed by atoms with Gasteiger partial charge in [-0.3, -0.25) is 0 Å². The number of hydrogen-bond donors (Lipinski definition) is 2. The van der Waals surface area contributed by atoms with Crippen LogP contribution in [0.5, 0.6) is 0 Å². The van der Waals surface area contributed by atoms with Gasteiger partial charge in [-0.1, -0.05) is 40.0 Å². The Kier molecular flexibility index (Phi) is 5.07. The minimum absolute atomic E-state index is 0.0408. The summed E-state index contributed by atoms with van der Waals surface area (Å²) in [6.45, 7) is 11.6. The van der Waals surface area contributed by atoms with E-state index in [1.165, 1.54) is 32.1 Å². The van der Waals surface area contributed by atoms with Gasteiger partial charge in [0.15, 0.2) is 0 Å². The van der Waals surface area contributed by atoms with Gasteiger partial charge in [0.05, 0.1) is 0 Å². The van der Waals surface area contributed by atoms with Crippen molar-refractivity contribution in [3.8, 4) is 0 Å². The van der Waals surface area contributed by atoms with Crippen molar-refractivity contribution in [2.75, 3.05) is 17.2 Å².